The van der Waals surface area contributed by atoms with Crippen molar-refractivity contribution in [2.24, 2.45) is 0 Å². The van der Waals surface area contributed by atoms with Gasteiger partial charge in [0.1, 0.15) is 18.2 Å². The Morgan fingerprint density at radius 1 is 1.06 bits per heavy atom. The van der Waals surface area contributed by atoms with Gasteiger partial charge in [0, 0.05) is 47.3 Å². The lowest BCUT2D eigenvalue weighted by Gasteiger charge is -2.36. The molecule has 2 aromatic heterocycles. The molecule has 1 aliphatic rings. The first-order chi connectivity index (χ1) is 15.1. The second-order valence-corrected chi connectivity index (χ2v) is 8.65. The molecule has 0 saturated heterocycles. The highest BCUT2D eigenvalue weighted by atomic mass is 19.1. The van der Waals surface area contributed by atoms with Crippen molar-refractivity contribution in [2.75, 3.05) is 19.7 Å². The SMILES string of the molecule is OC1(CNCCOc2cccc3[nH]ccc23)CCC(c2c[nH]c3ccc(F)cc23)CC1. The minimum Gasteiger partial charge on any atom is -0.492 e. The Hall–Kier alpha value is -2.83. The van der Waals surface area contributed by atoms with Crippen LogP contribution in [0.3, 0.4) is 0 Å². The van der Waals surface area contributed by atoms with E-state index >= 15 is 0 Å². The van der Waals surface area contributed by atoms with E-state index in [9.17, 15) is 9.50 Å². The first-order valence-electron chi connectivity index (χ1n) is 11.0. The number of hydrogen-bond acceptors (Lipinski definition) is 3. The van der Waals surface area contributed by atoms with E-state index < -0.39 is 5.60 Å². The zero-order valence-electron chi connectivity index (χ0n) is 17.5. The Balaban J connectivity index is 1.10. The van der Waals surface area contributed by atoms with Crippen LogP contribution in [0.25, 0.3) is 21.8 Å². The molecule has 1 aliphatic carbocycles. The average molecular weight is 422 g/mol. The molecule has 6 heteroatoms. The molecule has 0 aliphatic heterocycles. The maximum atomic E-state index is 13.7. The second kappa shape index (κ2) is 8.36. The molecular weight excluding hydrogens is 393 g/mol. The van der Waals surface area contributed by atoms with Gasteiger partial charge in [-0.15, -0.1) is 0 Å². The average Bonchev–Trinajstić information content (AvgIpc) is 3.41. The highest BCUT2D eigenvalue weighted by Gasteiger charge is 2.34. The van der Waals surface area contributed by atoms with Crippen molar-refractivity contribution >= 4 is 21.8 Å². The molecule has 2 heterocycles. The van der Waals surface area contributed by atoms with Crippen molar-refractivity contribution in [3.05, 3.63) is 66.2 Å². The Kier molecular flexibility index (Phi) is 5.42. The smallest absolute Gasteiger partial charge is 0.128 e. The van der Waals surface area contributed by atoms with Gasteiger partial charge >= 0.3 is 0 Å². The van der Waals surface area contributed by atoms with Crippen molar-refractivity contribution in [2.45, 2.75) is 37.2 Å². The molecule has 162 valence electrons. The molecule has 4 N–H and O–H groups in total. The summed E-state index contributed by atoms with van der Waals surface area (Å²) in [6.07, 6.45) is 7.17. The lowest BCUT2D eigenvalue weighted by atomic mass is 9.76. The quantitative estimate of drug-likeness (QED) is 0.323. The predicted octanol–water partition coefficient (Wildman–Crippen LogP) is 4.85. The molecular formula is C25H28FN3O2. The Labute approximate surface area is 180 Å². The standard InChI is InChI=1S/C25H28FN3O2/c26-18-4-5-23-20(14-18)21(15-29-23)17-6-9-25(30,10-7-17)16-27-12-13-31-24-3-1-2-22-19(24)8-11-28-22/h1-5,8,11,14-15,17,27-30H,6-7,9-10,12-13,16H2. The number of aromatic amines is 2. The summed E-state index contributed by atoms with van der Waals surface area (Å²) in [7, 11) is 0. The van der Waals surface area contributed by atoms with E-state index in [4.69, 9.17) is 4.74 Å². The topological polar surface area (TPSA) is 73.1 Å². The molecule has 0 spiro atoms. The Morgan fingerprint density at radius 3 is 2.77 bits per heavy atom. The molecule has 5 rings (SSSR count). The van der Waals surface area contributed by atoms with Crippen LogP contribution in [0.1, 0.15) is 37.2 Å². The zero-order chi connectivity index (χ0) is 21.3. The monoisotopic (exact) mass is 421 g/mol. The number of halogens is 1. The van der Waals surface area contributed by atoms with Gasteiger partial charge in [-0.3, -0.25) is 0 Å². The van der Waals surface area contributed by atoms with E-state index in [1.54, 1.807) is 12.1 Å². The van der Waals surface area contributed by atoms with E-state index in [0.717, 1.165) is 58.8 Å². The van der Waals surface area contributed by atoms with Crippen LogP contribution in [-0.2, 0) is 0 Å². The molecule has 0 radical (unpaired) electrons. The van der Waals surface area contributed by atoms with E-state index in [0.29, 0.717) is 25.6 Å². The van der Waals surface area contributed by atoms with Crippen LogP contribution in [0.15, 0.2) is 54.9 Å². The number of hydrogen-bond donors (Lipinski definition) is 4. The number of rotatable bonds is 7. The van der Waals surface area contributed by atoms with Crippen LogP contribution in [-0.4, -0.2) is 40.4 Å². The number of fused-ring (bicyclic) bond motifs is 2. The highest BCUT2D eigenvalue weighted by Crippen LogP contribution is 2.40. The van der Waals surface area contributed by atoms with Gasteiger partial charge in [0.05, 0.1) is 5.60 Å². The Morgan fingerprint density at radius 2 is 1.90 bits per heavy atom. The van der Waals surface area contributed by atoms with Gasteiger partial charge in [-0.25, -0.2) is 4.39 Å². The number of aromatic nitrogens is 2. The van der Waals surface area contributed by atoms with Gasteiger partial charge < -0.3 is 25.1 Å². The fraction of sp³-hybridized carbons (Fsp3) is 0.360. The van der Waals surface area contributed by atoms with Gasteiger partial charge in [-0.1, -0.05) is 6.07 Å². The predicted molar refractivity (Wildman–Crippen MR) is 121 cm³/mol. The van der Waals surface area contributed by atoms with Crippen LogP contribution in [0.4, 0.5) is 4.39 Å². The summed E-state index contributed by atoms with van der Waals surface area (Å²) in [4.78, 5) is 6.43. The minimum atomic E-state index is -0.700. The van der Waals surface area contributed by atoms with Gasteiger partial charge in [-0.05, 0) is 73.6 Å². The van der Waals surface area contributed by atoms with Gasteiger partial charge in [0.2, 0.25) is 0 Å². The number of aliphatic hydroxyl groups is 1. The van der Waals surface area contributed by atoms with Gasteiger partial charge in [0.25, 0.3) is 0 Å². The highest BCUT2D eigenvalue weighted by molar-refractivity contribution is 5.85. The van der Waals surface area contributed by atoms with Crippen LogP contribution in [0, 0.1) is 5.82 Å². The summed E-state index contributed by atoms with van der Waals surface area (Å²) >= 11 is 0. The summed E-state index contributed by atoms with van der Waals surface area (Å²) in [6.45, 7) is 1.78. The summed E-state index contributed by atoms with van der Waals surface area (Å²) < 4.78 is 19.6. The van der Waals surface area contributed by atoms with Crippen LogP contribution < -0.4 is 10.1 Å². The third-order valence-electron chi connectivity index (χ3n) is 6.58. The van der Waals surface area contributed by atoms with Crippen molar-refractivity contribution in [1.82, 2.24) is 15.3 Å². The largest absolute Gasteiger partial charge is 0.492 e. The third kappa shape index (κ3) is 4.18. The van der Waals surface area contributed by atoms with Crippen LogP contribution in [0.5, 0.6) is 5.75 Å². The Bertz CT molecular complexity index is 1170. The number of benzene rings is 2. The molecule has 0 bridgehead atoms. The lowest BCUT2D eigenvalue weighted by molar-refractivity contribution is -0.000167. The van der Waals surface area contributed by atoms with Crippen molar-refractivity contribution in [3.63, 3.8) is 0 Å². The van der Waals surface area contributed by atoms with Crippen LogP contribution in [0.2, 0.25) is 0 Å². The van der Waals surface area contributed by atoms with Gasteiger partial charge in [-0.2, -0.15) is 0 Å². The van der Waals surface area contributed by atoms with Gasteiger partial charge in [0.15, 0.2) is 0 Å². The van der Waals surface area contributed by atoms with Crippen molar-refractivity contribution < 1.29 is 14.2 Å². The number of H-pyrrole nitrogens is 2. The second-order valence-electron chi connectivity index (χ2n) is 8.65. The van der Waals surface area contributed by atoms with E-state index in [-0.39, 0.29) is 5.82 Å². The summed E-state index contributed by atoms with van der Waals surface area (Å²) in [5, 5.41) is 16.4. The molecule has 31 heavy (non-hydrogen) atoms. The third-order valence-corrected chi connectivity index (χ3v) is 6.58. The first-order valence-corrected chi connectivity index (χ1v) is 11.0. The lowest BCUT2D eigenvalue weighted by Crippen LogP contribution is -2.44. The molecule has 4 aromatic rings. The molecule has 5 nitrogen and oxygen atoms in total. The van der Waals surface area contributed by atoms with E-state index in [1.165, 1.54) is 6.07 Å². The summed E-state index contributed by atoms with van der Waals surface area (Å²) in [6, 6.07) is 12.9. The fourth-order valence-corrected chi connectivity index (χ4v) is 4.83. The minimum absolute atomic E-state index is 0.208. The maximum absolute atomic E-state index is 13.7. The summed E-state index contributed by atoms with van der Waals surface area (Å²) in [5.74, 6) is 1.01. The zero-order valence-corrected chi connectivity index (χ0v) is 17.5. The first kappa shape index (κ1) is 20.1. The normalized spacial score (nSPS) is 21.7. The molecule has 0 atom stereocenters. The molecule has 1 fully saturated rings. The maximum Gasteiger partial charge on any atom is 0.128 e. The van der Waals surface area contributed by atoms with E-state index in [2.05, 4.69) is 15.3 Å². The fourth-order valence-electron chi connectivity index (χ4n) is 4.83. The van der Waals surface area contributed by atoms with Crippen molar-refractivity contribution in [3.8, 4) is 5.75 Å². The number of nitrogens with one attached hydrogen (secondary N) is 3. The molecule has 0 amide bonds. The van der Waals surface area contributed by atoms with Crippen molar-refractivity contribution in [1.29, 1.82) is 0 Å². The molecule has 1 saturated carbocycles. The van der Waals surface area contributed by atoms with Crippen LogP contribution >= 0.6 is 0 Å². The molecule has 0 unspecified atom stereocenters. The number of ether oxygens (including phenoxy) is 1. The van der Waals surface area contributed by atoms with E-state index in [1.807, 2.05) is 36.7 Å². The summed E-state index contributed by atoms with van der Waals surface area (Å²) in [5.41, 5.74) is 2.50. The molecule has 2 aromatic carbocycles.